The lowest BCUT2D eigenvalue weighted by Crippen LogP contribution is -2.26. The van der Waals surface area contributed by atoms with E-state index in [0.717, 1.165) is 27.6 Å². The van der Waals surface area contributed by atoms with Crippen molar-refractivity contribution in [1.82, 2.24) is 14.9 Å². The average Bonchev–Trinajstić information content (AvgIpc) is 3.30. The third kappa shape index (κ3) is 3.41. The number of aryl methyl sites for hydroxylation is 3. The summed E-state index contributed by atoms with van der Waals surface area (Å²) in [5.41, 5.74) is 1.20. The minimum atomic E-state index is -3.55. The molecule has 1 N–H and O–H groups in total. The summed E-state index contributed by atoms with van der Waals surface area (Å²) in [7, 11) is -3.55. The highest BCUT2D eigenvalue weighted by atomic mass is 32.2. The summed E-state index contributed by atoms with van der Waals surface area (Å²) in [6.07, 6.45) is 5.51. The third-order valence-electron chi connectivity index (χ3n) is 4.11. The summed E-state index contributed by atoms with van der Waals surface area (Å²) in [5.74, 6) is 0.576. The van der Waals surface area contributed by atoms with Gasteiger partial charge in [0.15, 0.2) is 5.76 Å². The number of hydrogen-bond donors (Lipinski definition) is 1. The molecule has 0 spiro atoms. The number of fused-ring (bicyclic) bond motifs is 1. The van der Waals surface area contributed by atoms with Crippen LogP contribution in [0.1, 0.15) is 26.9 Å². The van der Waals surface area contributed by atoms with E-state index in [1.165, 1.54) is 28.3 Å². The molecule has 3 aromatic heterocycles. The van der Waals surface area contributed by atoms with Gasteiger partial charge in [0, 0.05) is 28.8 Å². The minimum Gasteiger partial charge on any atom is -0.355 e. The highest BCUT2D eigenvalue weighted by molar-refractivity contribution is 7.89. The molecule has 0 aromatic carbocycles. The Hall–Kier alpha value is -1.55. The van der Waals surface area contributed by atoms with E-state index < -0.39 is 10.0 Å². The molecule has 4 rings (SSSR count). The molecule has 132 valence electrons. The van der Waals surface area contributed by atoms with Crippen LogP contribution in [0.2, 0.25) is 0 Å². The lowest BCUT2D eigenvalue weighted by Gasteiger charge is -2.05. The number of rotatable bonds is 6. The fourth-order valence-electron chi connectivity index (χ4n) is 2.92. The predicted molar refractivity (Wildman–Crippen MR) is 97.6 cm³/mol. The first-order chi connectivity index (χ1) is 12.0. The van der Waals surface area contributed by atoms with E-state index in [1.807, 2.05) is 0 Å². The molecule has 1 aliphatic rings. The van der Waals surface area contributed by atoms with E-state index in [2.05, 4.69) is 14.9 Å². The number of hydrogen-bond acceptors (Lipinski definition) is 7. The van der Waals surface area contributed by atoms with Crippen LogP contribution in [-0.2, 0) is 29.3 Å². The first-order valence-corrected chi connectivity index (χ1v) is 11.1. The molecule has 0 amide bonds. The van der Waals surface area contributed by atoms with E-state index in [-0.39, 0.29) is 0 Å². The van der Waals surface area contributed by atoms with Gasteiger partial charge in [-0.25, -0.2) is 18.1 Å². The van der Waals surface area contributed by atoms with Crippen LogP contribution in [-0.4, -0.2) is 25.1 Å². The molecular formula is C16H17N3O3S3. The van der Waals surface area contributed by atoms with Crippen LogP contribution in [0.25, 0.3) is 10.6 Å². The van der Waals surface area contributed by atoms with Crippen molar-refractivity contribution in [2.75, 3.05) is 6.54 Å². The molecule has 6 nitrogen and oxygen atoms in total. The zero-order valence-corrected chi connectivity index (χ0v) is 16.1. The molecule has 0 fully saturated rings. The maximum Gasteiger partial charge on any atom is 0.241 e. The van der Waals surface area contributed by atoms with Crippen LogP contribution >= 0.6 is 22.7 Å². The highest BCUT2D eigenvalue weighted by Gasteiger charge is 2.22. The SMILES string of the molecule is Cc1sc(-c2ccno2)cc1S(=O)(=O)NCCc1nc2c(s1)CCC2. The quantitative estimate of drug-likeness (QED) is 0.693. The second-order valence-electron chi connectivity index (χ2n) is 5.89. The van der Waals surface area contributed by atoms with Gasteiger partial charge in [-0.05, 0) is 32.3 Å². The number of nitrogens with one attached hydrogen (secondary N) is 1. The topological polar surface area (TPSA) is 85.1 Å². The molecule has 0 bridgehead atoms. The van der Waals surface area contributed by atoms with Crippen LogP contribution in [0.3, 0.4) is 0 Å². The van der Waals surface area contributed by atoms with Gasteiger partial charge >= 0.3 is 0 Å². The Balaban J connectivity index is 1.44. The number of nitrogens with zero attached hydrogens (tertiary/aromatic N) is 2. The van der Waals surface area contributed by atoms with E-state index in [4.69, 9.17) is 4.52 Å². The van der Waals surface area contributed by atoms with Crippen LogP contribution in [0, 0.1) is 6.92 Å². The summed E-state index contributed by atoms with van der Waals surface area (Å²) >= 11 is 3.09. The summed E-state index contributed by atoms with van der Waals surface area (Å²) < 4.78 is 33.0. The van der Waals surface area contributed by atoms with E-state index >= 15 is 0 Å². The molecular weight excluding hydrogens is 378 g/mol. The lowest BCUT2D eigenvalue weighted by atomic mass is 10.3. The van der Waals surface area contributed by atoms with Crippen LogP contribution in [0.5, 0.6) is 0 Å². The molecule has 25 heavy (non-hydrogen) atoms. The van der Waals surface area contributed by atoms with Gasteiger partial charge < -0.3 is 4.52 Å². The Morgan fingerprint density at radius 3 is 2.96 bits per heavy atom. The van der Waals surface area contributed by atoms with E-state index in [0.29, 0.717) is 23.6 Å². The van der Waals surface area contributed by atoms with Crippen molar-refractivity contribution in [3.8, 4) is 10.6 Å². The van der Waals surface area contributed by atoms with Gasteiger partial charge in [0.25, 0.3) is 0 Å². The monoisotopic (exact) mass is 395 g/mol. The molecule has 0 saturated carbocycles. The first kappa shape index (κ1) is 16.9. The van der Waals surface area contributed by atoms with Gasteiger partial charge in [0.05, 0.1) is 26.7 Å². The van der Waals surface area contributed by atoms with Gasteiger partial charge in [0.2, 0.25) is 10.0 Å². The largest absolute Gasteiger partial charge is 0.355 e. The second-order valence-corrected chi connectivity index (χ2v) is 10.0. The Bertz CT molecular complexity index is 966. The average molecular weight is 396 g/mol. The maximum atomic E-state index is 12.6. The van der Waals surface area contributed by atoms with Crippen LogP contribution in [0.4, 0.5) is 0 Å². The lowest BCUT2D eigenvalue weighted by molar-refractivity contribution is 0.433. The Morgan fingerprint density at radius 1 is 1.32 bits per heavy atom. The van der Waals surface area contributed by atoms with Gasteiger partial charge in [-0.1, -0.05) is 5.16 Å². The molecule has 0 saturated heterocycles. The molecule has 3 aromatic rings. The molecule has 0 aliphatic heterocycles. The number of aromatic nitrogens is 2. The van der Waals surface area contributed by atoms with E-state index in [9.17, 15) is 8.42 Å². The molecule has 3 heterocycles. The van der Waals surface area contributed by atoms with Crippen molar-refractivity contribution in [3.05, 3.63) is 38.8 Å². The van der Waals surface area contributed by atoms with Crippen molar-refractivity contribution in [2.45, 2.75) is 37.5 Å². The Labute approximate surface area is 154 Å². The molecule has 1 aliphatic carbocycles. The van der Waals surface area contributed by atoms with Gasteiger partial charge in [-0.15, -0.1) is 22.7 Å². The Kier molecular flexibility index (Phi) is 4.48. The third-order valence-corrected chi connectivity index (χ3v) is 8.11. The summed E-state index contributed by atoms with van der Waals surface area (Å²) in [6, 6.07) is 3.36. The van der Waals surface area contributed by atoms with Gasteiger partial charge in [-0.3, -0.25) is 0 Å². The van der Waals surface area contributed by atoms with Crippen molar-refractivity contribution in [3.63, 3.8) is 0 Å². The summed E-state index contributed by atoms with van der Waals surface area (Å²) in [4.78, 5) is 7.75. The summed E-state index contributed by atoms with van der Waals surface area (Å²) in [5, 5.41) is 4.68. The predicted octanol–water partition coefficient (Wildman–Crippen LogP) is 3.18. The van der Waals surface area contributed by atoms with Crippen LogP contribution in [0.15, 0.2) is 27.7 Å². The molecule has 0 radical (unpaired) electrons. The van der Waals surface area contributed by atoms with Crippen LogP contribution < -0.4 is 4.72 Å². The molecule has 9 heteroatoms. The number of thiophene rings is 1. The fourth-order valence-corrected chi connectivity index (χ4v) is 6.65. The zero-order valence-electron chi connectivity index (χ0n) is 13.6. The maximum absolute atomic E-state index is 12.6. The van der Waals surface area contributed by atoms with Gasteiger partial charge in [0.1, 0.15) is 0 Å². The van der Waals surface area contributed by atoms with Crippen molar-refractivity contribution in [2.24, 2.45) is 0 Å². The van der Waals surface area contributed by atoms with Crippen molar-refractivity contribution >= 4 is 32.7 Å². The number of thiazole rings is 1. The highest BCUT2D eigenvalue weighted by Crippen LogP contribution is 2.33. The number of sulfonamides is 1. The minimum absolute atomic E-state index is 0.297. The van der Waals surface area contributed by atoms with Gasteiger partial charge in [-0.2, -0.15) is 0 Å². The van der Waals surface area contributed by atoms with E-state index in [1.54, 1.807) is 36.6 Å². The molecule has 0 unspecified atom stereocenters. The van der Waals surface area contributed by atoms with Crippen molar-refractivity contribution < 1.29 is 12.9 Å². The first-order valence-electron chi connectivity index (χ1n) is 8.01. The zero-order chi connectivity index (χ0) is 17.4. The standard InChI is InChI=1S/C16H17N3O3S3/c1-10-15(9-14(23-10)12-5-7-17-22-12)25(20,21)18-8-6-16-19-11-3-2-4-13(11)24-16/h5,7,9,18H,2-4,6,8H2,1H3. The Morgan fingerprint density at radius 2 is 2.20 bits per heavy atom. The normalized spacial score (nSPS) is 14.1. The second kappa shape index (κ2) is 6.64. The summed E-state index contributed by atoms with van der Waals surface area (Å²) in [6.45, 7) is 2.14. The van der Waals surface area contributed by atoms with Crippen molar-refractivity contribution in [1.29, 1.82) is 0 Å². The smallest absolute Gasteiger partial charge is 0.241 e. The molecule has 0 atom stereocenters. The fraction of sp³-hybridized carbons (Fsp3) is 0.375.